The average molecular weight is 225 g/mol. The van der Waals surface area contributed by atoms with Crippen molar-refractivity contribution < 1.29 is 0 Å². The van der Waals surface area contributed by atoms with Crippen molar-refractivity contribution in [2.24, 2.45) is 0 Å². The molecular weight excluding hydrogens is 216 g/mol. The highest BCUT2D eigenvalue weighted by molar-refractivity contribution is 9.08. The molecule has 0 aromatic carbocycles. The van der Waals surface area contributed by atoms with Crippen molar-refractivity contribution in [3.63, 3.8) is 0 Å². The number of aryl methyl sites for hydroxylation is 1. The Hall–Kier alpha value is -0.830. The zero-order chi connectivity index (χ0) is 8.55. The summed E-state index contributed by atoms with van der Waals surface area (Å²) in [6, 6.07) is 6.11. The Morgan fingerprint density at radius 2 is 2.33 bits per heavy atom. The largest absolute Gasteiger partial charge is 0.304 e. The van der Waals surface area contributed by atoms with Crippen molar-refractivity contribution in [2.45, 2.75) is 12.3 Å². The molecule has 0 radical (unpaired) electrons. The van der Waals surface area contributed by atoms with Crippen LogP contribution in [0.25, 0.3) is 5.65 Å². The molecule has 2 aromatic rings. The maximum absolute atomic E-state index is 4.41. The smallest absolute Gasteiger partial charge is 0.137 e. The van der Waals surface area contributed by atoms with Crippen molar-refractivity contribution >= 4 is 21.6 Å². The molecule has 0 saturated carbocycles. The second-order valence-corrected chi connectivity index (χ2v) is 3.32. The third kappa shape index (κ3) is 1.14. The molecule has 0 atom stereocenters. The highest BCUT2D eigenvalue weighted by atomic mass is 79.9. The number of halogens is 1. The van der Waals surface area contributed by atoms with Crippen LogP contribution in [0.1, 0.15) is 11.4 Å². The number of alkyl halides is 1. The van der Waals surface area contributed by atoms with Gasteiger partial charge in [0.05, 0.1) is 5.69 Å². The summed E-state index contributed by atoms with van der Waals surface area (Å²) < 4.78 is 2.09. The third-order valence-electron chi connectivity index (χ3n) is 1.88. The van der Waals surface area contributed by atoms with E-state index in [4.69, 9.17) is 0 Å². The number of rotatable bonds is 1. The van der Waals surface area contributed by atoms with Gasteiger partial charge in [0.1, 0.15) is 5.65 Å². The van der Waals surface area contributed by atoms with E-state index in [0.717, 1.165) is 16.7 Å². The van der Waals surface area contributed by atoms with Crippen molar-refractivity contribution in [2.75, 3.05) is 0 Å². The van der Waals surface area contributed by atoms with Crippen LogP contribution in [-0.2, 0) is 5.33 Å². The monoisotopic (exact) mass is 224 g/mol. The maximum Gasteiger partial charge on any atom is 0.137 e. The minimum atomic E-state index is 0.814. The Bertz CT molecular complexity index is 406. The Kier molecular flexibility index (Phi) is 1.89. The maximum atomic E-state index is 4.41. The van der Waals surface area contributed by atoms with Gasteiger partial charge in [-0.3, -0.25) is 0 Å². The minimum Gasteiger partial charge on any atom is -0.304 e. The summed E-state index contributed by atoms with van der Waals surface area (Å²) in [6.07, 6.45) is 2.05. The number of imidazole rings is 1. The Morgan fingerprint density at radius 3 is 3.00 bits per heavy atom. The number of hydrogen-bond acceptors (Lipinski definition) is 1. The first kappa shape index (κ1) is 7.80. The van der Waals surface area contributed by atoms with Crippen LogP contribution < -0.4 is 0 Å². The van der Waals surface area contributed by atoms with Crippen LogP contribution in [-0.4, -0.2) is 9.38 Å². The van der Waals surface area contributed by atoms with Gasteiger partial charge in [-0.25, -0.2) is 4.98 Å². The predicted octanol–water partition coefficient (Wildman–Crippen LogP) is 2.54. The van der Waals surface area contributed by atoms with E-state index in [1.807, 2.05) is 12.1 Å². The molecule has 3 heteroatoms. The third-order valence-corrected chi connectivity index (χ3v) is 2.46. The zero-order valence-corrected chi connectivity index (χ0v) is 8.37. The van der Waals surface area contributed by atoms with Gasteiger partial charge in [0.25, 0.3) is 0 Å². The molecule has 2 nitrogen and oxygen atoms in total. The second-order valence-electron chi connectivity index (χ2n) is 2.76. The molecule has 0 spiro atoms. The van der Waals surface area contributed by atoms with Crippen LogP contribution in [0.3, 0.4) is 0 Å². The van der Waals surface area contributed by atoms with Gasteiger partial charge >= 0.3 is 0 Å². The summed E-state index contributed by atoms with van der Waals surface area (Å²) in [5, 5.41) is 0.814. The summed E-state index contributed by atoms with van der Waals surface area (Å²) in [7, 11) is 0. The standard InChI is InChI=1S/C9H9BrN2/c1-7-3-2-4-9-11-8(5-10)6-12(7)9/h2-4,6H,5H2,1H3. The SMILES string of the molecule is Cc1cccc2nc(CBr)cn12. The highest BCUT2D eigenvalue weighted by Crippen LogP contribution is 2.10. The van der Waals surface area contributed by atoms with Gasteiger partial charge in [-0.05, 0) is 19.1 Å². The first-order valence-electron chi connectivity index (χ1n) is 3.81. The van der Waals surface area contributed by atoms with Gasteiger partial charge in [0.15, 0.2) is 0 Å². The predicted molar refractivity (Wildman–Crippen MR) is 52.6 cm³/mol. The van der Waals surface area contributed by atoms with Crippen LogP contribution >= 0.6 is 15.9 Å². The first-order valence-corrected chi connectivity index (χ1v) is 4.93. The van der Waals surface area contributed by atoms with E-state index in [1.165, 1.54) is 5.69 Å². The number of fused-ring (bicyclic) bond motifs is 1. The Morgan fingerprint density at radius 1 is 1.50 bits per heavy atom. The topological polar surface area (TPSA) is 17.3 Å². The molecule has 0 aliphatic carbocycles. The molecule has 2 rings (SSSR count). The van der Waals surface area contributed by atoms with Crippen molar-refractivity contribution in [3.05, 3.63) is 35.8 Å². The summed E-state index contributed by atoms with van der Waals surface area (Å²) in [5.74, 6) is 0. The molecule has 0 aliphatic rings. The molecule has 0 fully saturated rings. The molecule has 0 amide bonds. The van der Waals surface area contributed by atoms with Crippen LogP contribution in [0.15, 0.2) is 24.4 Å². The molecule has 12 heavy (non-hydrogen) atoms. The lowest BCUT2D eigenvalue weighted by Gasteiger charge is -1.95. The second kappa shape index (κ2) is 2.90. The van der Waals surface area contributed by atoms with Crippen LogP contribution in [0.2, 0.25) is 0 Å². The van der Waals surface area contributed by atoms with Gasteiger partial charge in [0, 0.05) is 17.2 Å². The Labute approximate surface area is 79.4 Å². The quantitative estimate of drug-likeness (QED) is 0.681. The number of aromatic nitrogens is 2. The van der Waals surface area contributed by atoms with Gasteiger partial charge in [0.2, 0.25) is 0 Å². The molecule has 0 bridgehead atoms. The van der Waals surface area contributed by atoms with E-state index < -0.39 is 0 Å². The number of nitrogens with zero attached hydrogens (tertiary/aromatic N) is 2. The summed E-state index contributed by atoms with van der Waals surface area (Å²) in [5.41, 5.74) is 3.31. The van der Waals surface area contributed by atoms with Gasteiger partial charge in [-0.2, -0.15) is 0 Å². The summed E-state index contributed by atoms with van der Waals surface area (Å²) in [4.78, 5) is 4.41. The lowest BCUT2D eigenvalue weighted by Crippen LogP contribution is -1.86. The van der Waals surface area contributed by atoms with E-state index in [1.54, 1.807) is 0 Å². The van der Waals surface area contributed by atoms with E-state index >= 15 is 0 Å². The first-order chi connectivity index (χ1) is 5.81. The Balaban J connectivity index is 2.74. The normalized spacial score (nSPS) is 10.8. The molecule has 0 saturated heterocycles. The van der Waals surface area contributed by atoms with E-state index in [0.29, 0.717) is 0 Å². The number of hydrogen-bond donors (Lipinski definition) is 0. The molecule has 2 aromatic heterocycles. The van der Waals surface area contributed by atoms with Gasteiger partial charge in [-0.15, -0.1) is 0 Å². The molecule has 62 valence electrons. The average Bonchev–Trinajstić information content (AvgIpc) is 2.49. The zero-order valence-electron chi connectivity index (χ0n) is 6.79. The highest BCUT2D eigenvalue weighted by Gasteiger charge is 1.99. The van der Waals surface area contributed by atoms with Crippen LogP contribution in [0.4, 0.5) is 0 Å². The van der Waals surface area contributed by atoms with Crippen molar-refractivity contribution in [1.29, 1.82) is 0 Å². The lowest BCUT2D eigenvalue weighted by molar-refractivity contribution is 1.09. The van der Waals surface area contributed by atoms with Crippen LogP contribution in [0.5, 0.6) is 0 Å². The lowest BCUT2D eigenvalue weighted by atomic mass is 10.4. The van der Waals surface area contributed by atoms with E-state index in [9.17, 15) is 0 Å². The van der Waals surface area contributed by atoms with Gasteiger partial charge in [-0.1, -0.05) is 22.0 Å². The van der Waals surface area contributed by atoms with Crippen LogP contribution in [0, 0.1) is 6.92 Å². The minimum absolute atomic E-state index is 0.814. The molecule has 0 aliphatic heterocycles. The van der Waals surface area contributed by atoms with Gasteiger partial charge < -0.3 is 4.40 Å². The molecular formula is C9H9BrN2. The fraction of sp³-hybridized carbons (Fsp3) is 0.222. The van der Waals surface area contributed by atoms with E-state index in [2.05, 4.69) is 44.5 Å². The summed E-state index contributed by atoms with van der Waals surface area (Å²) >= 11 is 3.38. The molecule has 2 heterocycles. The molecule has 0 N–H and O–H groups in total. The fourth-order valence-corrected chi connectivity index (χ4v) is 1.53. The summed E-state index contributed by atoms with van der Waals surface area (Å²) in [6.45, 7) is 2.08. The number of pyridine rings is 1. The van der Waals surface area contributed by atoms with Crippen molar-refractivity contribution in [3.8, 4) is 0 Å². The van der Waals surface area contributed by atoms with Crippen molar-refractivity contribution in [1.82, 2.24) is 9.38 Å². The van der Waals surface area contributed by atoms with E-state index in [-0.39, 0.29) is 0 Å². The molecule has 0 unspecified atom stereocenters. The fourth-order valence-electron chi connectivity index (χ4n) is 1.26.